The highest BCUT2D eigenvalue weighted by atomic mass is 79.9. The first-order valence-electron chi connectivity index (χ1n) is 6.63. The van der Waals surface area contributed by atoms with Gasteiger partial charge < -0.3 is 9.47 Å². The van der Waals surface area contributed by atoms with Crippen LogP contribution in [-0.2, 0) is 9.47 Å². The molecule has 2 rings (SSSR count). The molecule has 0 aliphatic heterocycles. The molecule has 2 fully saturated rings. The second kappa shape index (κ2) is 5.83. The molecule has 0 bridgehead atoms. The van der Waals surface area contributed by atoms with Crippen molar-refractivity contribution in [1.82, 2.24) is 0 Å². The van der Waals surface area contributed by atoms with Crippen molar-refractivity contribution in [3.8, 4) is 0 Å². The lowest BCUT2D eigenvalue weighted by atomic mass is 9.86. The summed E-state index contributed by atoms with van der Waals surface area (Å²) in [6.07, 6.45) is 7.46. The molecule has 2 nitrogen and oxygen atoms in total. The Hall–Kier alpha value is 0.400. The number of ether oxygens (including phenoxy) is 2. The zero-order valence-electron chi connectivity index (χ0n) is 10.3. The number of halogens is 1. The van der Waals surface area contributed by atoms with Crippen LogP contribution in [0.25, 0.3) is 0 Å². The zero-order chi connectivity index (χ0) is 11.5. The average Bonchev–Trinajstić information content (AvgIpc) is 2.28. The van der Waals surface area contributed by atoms with Gasteiger partial charge in [0.25, 0.3) is 0 Å². The van der Waals surface area contributed by atoms with Gasteiger partial charge in [0.05, 0.1) is 18.3 Å². The van der Waals surface area contributed by atoms with Crippen molar-refractivity contribution in [2.45, 2.75) is 69.1 Å². The van der Waals surface area contributed by atoms with Gasteiger partial charge in [-0.3, -0.25) is 0 Å². The molecule has 2 aliphatic rings. The van der Waals surface area contributed by atoms with E-state index in [9.17, 15) is 0 Å². The van der Waals surface area contributed by atoms with E-state index in [0.29, 0.717) is 17.0 Å². The first-order chi connectivity index (χ1) is 7.72. The Morgan fingerprint density at radius 1 is 1.19 bits per heavy atom. The van der Waals surface area contributed by atoms with E-state index in [-0.39, 0.29) is 6.10 Å². The fraction of sp³-hybridized carbons (Fsp3) is 1.00. The van der Waals surface area contributed by atoms with Gasteiger partial charge >= 0.3 is 0 Å². The van der Waals surface area contributed by atoms with Crippen LogP contribution in [0.15, 0.2) is 0 Å². The molecule has 2 saturated carbocycles. The van der Waals surface area contributed by atoms with Gasteiger partial charge in [0.1, 0.15) is 0 Å². The fourth-order valence-electron chi connectivity index (χ4n) is 2.77. The van der Waals surface area contributed by atoms with E-state index in [4.69, 9.17) is 9.47 Å². The summed E-state index contributed by atoms with van der Waals surface area (Å²) >= 11 is 3.64. The van der Waals surface area contributed by atoms with Crippen LogP contribution in [0, 0.1) is 5.92 Å². The van der Waals surface area contributed by atoms with E-state index in [2.05, 4.69) is 29.8 Å². The van der Waals surface area contributed by atoms with E-state index in [1.165, 1.54) is 25.7 Å². The molecule has 5 atom stereocenters. The van der Waals surface area contributed by atoms with Crippen LogP contribution in [0.5, 0.6) is 0 Å². The van der Waals surface area contributed by atoms with Gasteiger partial charge in [-0.25, -0.2) is 0 Å². The topological polar surface area (TPSA) is 18.5 Å². The van der Waals surface area contributed by atoms with Crippen molar-refractivity contribution >= 4 is 15.9 Å². The zero-order valence-corrected chi connectivity index (χ0v) is 11.9. The number of rotatable bonds is 4. The summed E-state index contributed by atoms with van der Waals surface area (Å²) in [5.41, 5.74) is 0. The molecule has 0 N–H and O–H groups in total. The van der Waals surface area contributed by atoms with E-state index in [0.717, 1.165) is 18.9 Å². The molecule has 94 valence electrons. The smallest absolute Gasteiger partial charge is 0.0962 e. The summed E-state index contributed by atoms with van der Waals surface area (Å²) in [6, 6.07) is 0. The van der Waals surface area contributed by atoms with Gasteiger partial charge in [0, 0.05) is 11.4 Å². The predicted molar refractivity (Wildman–Crippen MR) is 69.0 cm³/mol. The first kappa shape index (κ1) is 12.8. The lowest BCUT2D eigenvalue weighted by Crippen LogP contribution is -2.52. The molecule has 0 amide bonds. The van der Waals surface area contributed by atoms with Gasteiger partial charge in [-0.05, 0) is 32.1 Å². The van der Waals surface area contributed by atoms with Crippen LogP contribution in [0.4, 0.5) is 0 Å². The molecule has 3 heteroatoms. The standard InChI is InChI=1S/C13H23BrO2/c1-3-15-13-10(14)8-12(13)16-11-7-5-4-6-9(11)2/h9-13H,3-8H2,1-2H3. The average molecular weight is 291 g/mol. The third kappa shape index (κ3) is 2.80. The molecule has 0 heterocycles. The molecule has 5 unspecified atom stereocenters. The highest BCUT2D eigenvalue weighted by Crippen LogP contribution is 2.37. The Balaban J connectivity index is 1.80. The summed E-state index contributed by atoms with van der Waals surface area (Å²) in [6.45, 7) is 5.16. The van der Waals surface area contributed by atoms with E-state index in [1.54, 1.807) is 0 Å². The van der Waals surface area contributed by atoms with Gasteiger partial charge in [-0.15, -0.1) is 0 Å². The Morgan fingerprint density at radius 3 is 2.56 bits per heavy atom. The molecule has 2 aliphatic carbocycles. The normalized spacial score (nSPS) is 44.1. The largest absolute Gasteiger partial charge is 0.375 e. The van der Waals surface area contributed by atoms with Crippen molar-refractivity contribution in [3.63, 3.8) is 0 Å². The van der Waals surface area contributed by atoms with E-state index >= 15 is 0 Å². The maximum absolute atomic E-state index is 6.22. The third-order valence-electron chi connectivity index (χ3n) is 3.92. The molecule has 0 radical (unpaired) electrons. The van der Waals surface area contributed by atoms with Crippen LogP contribution >= 0.6 is 15.9 Å². The second-order valence-corrected chi connectivity index (χ2v) is 6.32. The van der Waals surface area contributed by atoms with E-state index in [1.807, 2.05) is 0 Å². The Labute approximate surface area is 107 Å². The Bertz CT molecular complexity index is 222. The number of hydrogen-bond donors (Lipinski definition) is 0. The maximum Gasteiger partial charge on any atom is 0.0962 e. The lowest BCUT2D eigenvalue weighted by Gasteiger charge is -2.44. The summed E-state index contributed by atoms with van der Waals surface area (Å²) in [7, 11) is 0. The summed E-state index contributed by atoms with van der Waals surface area (Å²) in [5, 5.41) is 0. The molecule has 16 heavy (non-hydrogen) atoms. The fourth-order valence-corrected chi connectivity index (χ4v) is 3.63. The SMILES string of the molecule is CCOC1C(Br)CC1OC1CCCCC1C. The minimum Gasteiger partial charge on any atom is -0.375 e. The summed E-state index contributed by atoms with van der Waals surface area (Å²) < 4.78 is 11.9. The third-order valence-corrected chi connectivity index (χ3v) is 4.82. The van der Waals surface area contributed by atoms with Crippen LogP contribution in [-0.4, -0.2) is 29.7 Å². The highest BCUT2D eigenvalue weighted by molar-refractivity contribution is 9.09. The van der Waals surface area contributed by atoms with Gasteiger partial charge in [-0.1, -0.05) is 35.7 Å². The van der Waals surface area contributed by atoms with Crippen molar-refractivity contribution in [2.24, 2.45) is 5.92 Å². The molecule has 0 aromatic rings. The van der Waals surface area contributed by atoms with Gasteiger partial charge in [0.2, 0.25) is 0 Å². The molecule has 0 saturated heterocycles. The van der Waals surface area contributed by atoms with Crippen molar-refractivity contribution in [3.05, 3.63) is 0 Å². The van der Waals surface area contributed by atoms with E-state index < -0.39 is 0 Å². The van der Waals surface area contributed by atoms with Crippen molar-refractivity contribution in [1.29, 1.82) is 0 Å². The monoisotopic (exact) mass is 290 g/mol. The van der Waals surface area contributed by atoms with Crippen LogP contribution in [0.3, 0.4) is 0 Å². The van der Waals surface area contributed by atoms with Crippen LogP contribution in [0.1, 0.15) is 46.0 Å². The van der Waals surface area contributed by atoms with Crippen molar-refractivity contribution < 1.29 is 9.47 Å². The van der Waals surface area contributed by atoms with Gasteiger partial charge in [-0.2, -0.15) is 0 Å². The highest BCUT2D eigenvalue weighted by Gasteiger charge is 2.43. The van der Waals surface area contributed by atoms with Crippen molar-refractivity contribution in [2.75, 3.05) is 6.61 Å². The minimum atomic E-state index is 0.277. The number of hydrogen-bond acceptors (Lipinski definition) is 2. The van der Waals surface area contributed by atoms with Gasteiger partial charge in [0.15, 0.2) is 0 Å². The summed E-state index contributed by atoms with van der Waals surface area (Å²) in [4.78, 5) is 0.497. The minimum absolute atomic E-state index is 0.277. The predicted octanol–water partition coefficient (Wildman–Crippen LogP) is 3.52. The van der Waals surface area contributed by atoms with Crippen LogP contribution < -0.4 is 0 Å². The molecular formula is C13H23BrO2. The lowest BCUT2D eigenvalue weighted by molar-refractivity contribution is -0.159. The molecular weight excluding hydrogens is 268 g/mol. The second-order valence-electron chi connectivity index (χ2n) is 5.15. The Kier molecular flexibility index (Phi) is 4.68. The first-order valence-corrected chi connectivity index (χ1v) is 7.55. The molecule has 0 aromatic carbocycles. The quantitative estimate of drug-likeness (QED) is 0.738. The molecule has 0 spiro atoms. The number of alkyl halides is 1. The Morgan fingerprint density at radius 2 is 1.94 bits per heavy atom. The maximum atomic E-state index is 6.22. The summed E-state index contributed by atoms with van der Waals surface area (Å²) in [5.74, 6) is 0.727. The molecule has 0 aromatic heterocycles. The van der Waals surface area contributed by atoms with Crippen LogP contribution in [0.2, 0.25) is 0 Å².